The Balaban J connectivity index is 1.53. The van der Waals surface area contributed by atoms with Gasteiger partial charge in [0.15, 0.2) is 11.5 Å². The lowest BCUT2D eigenvalue weighted by atomic mass is 10.1. The number of carbonyl (C=O) groups is 2. The monoisotopic (exact) mass is 417 g/mol. The summed E-state index contributed by atoms with van der Waals surface area (Å²) in [4.78, 5) is 25.5. The zero-order chi connectivity index (χ0) is 20.6. The third-order valence-corrected chi connectivity index (χ3v) is 5.58. The quantitative estimate of drug-likeness (QED) is 0.627. The second-order valence-corrected chi connectivity index (χ2v) is 7.92. The summed E-state index contributed by atoms with van der Waals surface area (Å²) in [6.07, 6.45) is 1.43. The first-order valence-corrected chi connectivity index (χ1v) is 10.7. The van der Waals surface area contributed by atoms with Gasteiger partial charge in [-0.1, -0.05) is 6.07 Å². The van der Waals surface area contributed by atoms with Gasteiger partial charge in [-0.05, 0) is 53.4 Å². The van der Waals surface area contributed by atoms with Crippen LogP contribution in [0, 0.1) is 0 Å². The summed E-state index contributed by atoms with van der Waals surface area (Å²) in [6, 6.07) is 7.68. The topological polar surface area (TPSA) is 65.1 Å². The van der Waals surface area contributed by atoms with Gasteiger partial charge < -0.3 is 23.9 Å². The van der Waals surface area contributed by atoms with Gasteiger partial charge in [-0.2, -0.15) is 11.3 Å². The molecule has 29 heavy (non-hydrogen) atoms. The maximum Gasteiger partial charge on any atom is 0.227 e. The van der Waals surface area contributed by atoms with Gasteiger partial charge in [0.2, 0.25) is 5.91 Å². The molecule has 2 heterocycles. The van der Waals surface area contributed by atoms with E-state index in [4.69, 9.17) is 14.2 Å². The smallest absolute Gasteiger partial charge is 0.227 e. The maximum atomic E-state index is 12.5. The molecule has 1 atom stereocenters. The number of carbonyl (C=O) groups excluding carboxylic acids is 2. The van der Waals surface area contributed by atoms with Crippen LogP contribution in [-0.4, -0.2) is 56.1 Å². The van der Waals surface area contributed by atoms with Crippen LogP contribution >= 0.6 is 11.3 Å². The number of Topliss-reactive ketones (excluding diaryl/α,β-unsaturated/α-hetero) is 1. The molecule has 156 valence electrons. The molecule has 7 heteroatoms. The lowest BCUT2D eigenvalue weighted by Gasteiger charge is -2.33. The summed E-state index contributed by atoms with van der Waals surface area (Å²) in [7, 11) is 1.60. The first-order chi connectivity index (χ1) is 14.0. The molecule has 2 aromatic rings. The molecule has 1 aromatic carbocycles. The average molecular weight is 418 g/mol. The molecule has 0 aliphatic carbocycles. The summed E-state index contributed by atoms with van der Waals surface area (Å²) in [5, 5.41) is 3.99. The average Bonchev–Trinajstić information content (AvgIpc) is 3.24. The predicted octanol–water partition coefficient (Wildman–Crippen LogP) is 3.13. The Kier molecular flexibility index (Phi) is 7.66. The number of hydrogen-bond donors (Lipinski definition) is 0. The number of benzene rings is 1. The van der Waals surface area contributed by atoms with Crippen molar-refractivity contribution in [3.8, 4) is 11.5 Å². The fourth-order valence-electron chi connectivity index (χ4n) is 3.22. The molecule has 1 amide bonds. The zero-order valence-corrected chi connectivity index (χ0v) is 17.7. The Labute approximate surface area is 175 Å². The number of amides is 1. The molecule has 0 saturated carbocycles. The molecule has 0 bridgehead atoms. The van der Waals surface area contributed by atoms with Crippen LogP contribution < -0.4 is 9.47 Å². The molecule has 6 nitrogen and oxygen atoms in total. The molecule has 0 radical (unpaired) electrons. The van der Waals surface area contributed by atoms with E-state index in [-0.39, 0.29) is 17.8 Å². The largest absolute Gasteiger partial charge is 0.493 e. The van der Waals surface area contributed by atoms with E-state index in [0.29, 0.717) is 57.1 Å². The van der Waals surface area contributed by atoms with Crippen LogP contribution in [0.1, 0.15) is 24.5 Å². The number of methoxy groups -OCH3 is 1. The molecule has 1 saturated heterocycles. The maximum absolute atomic E-state index is 12.5. The highest BCUT2D eigenvalue weighted by atomic mass is 32.1. The molecular formula is C22H27NO5S. The van der Waals surface area contributed by atoms with E-state index in [1.165, 1.54) is 0 Å². The van der Waals surface area contributed by atoms with Gasteiger partial charge >= 0.3 is 0 Å². The van der Waals surface area contributed by atoms with Gasteiger partial charge in [0.05, 0.1) is 26.7 Å². The highest BCUT2D eigenvalue weighted by molar-refractivity contribution is 7.08. The second-order valence-electron chi connectivity index (χ2n) is 7.14. The van der Waals surface area contributed by atoms with E-state index >= 15 is 0 Å². The molecule has 1 aliphatic rings. The van der Waals surface area contributed by atoms with Crippen molar-refractivity contribution in [2.75, 3.05) is 33.4 Å². The van der Waals surface area contributed by atoms with Crippen molar-refractivity contribution in [2.24, 2.45) is 0 Å². The Morgan fingerprint density at radius 2 is 2.10 bits per heavy atom. The third kappa shape index (κ3) is 6.30. The third-order valence-electron chi connectivity index (χ3n) is 4.85. The first kappa shape index (κ1) is 21.3. The second kappa shape index (κ2) is 10.4. The van der Waals surface area contributed by atoms with E-state index < -0.39 is 0 Å². The van der Waals surface area contributed by atoms with Gasteiger partial charge in [-0.15, -0.1) is 0 Å². The number of hydrogen-bond acceptors (Lipinski definition) is 6. The molecule has 1 aromatic heterocycles. The van der Waals surface area contributed by atoms with E-state index in [2.05, 4.69) is 0 Å². The minimum Gasteiger partial charge on any atom is -0.493 e. The van der Waals surface area contributed by atoms with Crippen LogP contribution in [0.3, 0.4) is 0 Å². The molecular weight excluding hydrogens is 390 g/mol. The standard InChI is InChI=1S/C22H27NO5S/c1-16(24)3-4-17-5-6-20(21(11-17)26-2)28-14-19-13-23(8-9-27-19)22(25)12-18-7-10-29-15-18/h5-7,10-11,15,19H,3-4,8-9,12-14H2,1-2H3. The Bertz CT molecular complexity index is 821. The van der Waals surface area contributed by atoms with E-state index in [1.807, 2.05) is 39.9 Å². The van der Waals surface area contributed by atoms with Crippen LogP contribution in [0.5, 0.6) is 11.5 Å². The molecule has 1 fully saturated rings. The fourth-order valence-corrected chi connectivity index (χ4v) is 3.88. The highest BCUT2D eigenvalue weighted by Gasteiger charge is 2.25. The van der Waals surface area contributed by atoms with Crippen molar-refractivity contribution in [2.45, 2.75) is 32.3 Å². The number of thiophene rings is 1. The van der Waals surface area contributed by atoms with Gasteiger partial charge in [0.25, 0.3) is 0 Å². The number of ketones is 1. The lowest BCUT2D eigenvalue weighted by molar-refractivity contribution is -0.139. The SMILES string of the molecule is COc1cc(CCC(C)=O)ccc1OCC1CN(C(=O)Cc2ccsc2)CCO1. The number of morpholine rings is 1. The predicted molar refractivity (Wildman–Crippen MR) is 112 cm³/mol. The zero-order valence-electron chi connectivity index (χ0n) is 16.9. The number of nitrogens with zero attached hydrogens (tertiary/aromatic N) is 1. The van der Waals surface area contributed by atoms with Crippen molar-refractivity contribution in [1.29, 1.82) is 0 Å². The number of ether oxygens (including phenoxy) is 3. The number of rotatable bonds is 9. The molecule has 1 aliphatic heterocycles. The van der Waals surface area contributed by atoms with Crippen LogP contribution in [0.25, 0.3) is 0 Å². The minimum absolute atomic E-state index is 0.115. The van der Waals surface area contributed by atoms with Crippen molar-refractivity contribution in [3.63, 3.8) is 0 Å². The lowest BCUT2D eigenvalue weighted by Crippen LogP contribution is -2.48. The van der Waals surface area contributed by atoms with Crippen LogP contribution in [-0.2, 0) is 27.2 Å². The van der Waals surface area contributed by atoms with Gasteiger partial charge in [-0.25, -0.2) is 0 Å². The van der Waals surface area contributed by atoms with Crippen molar-refractivity contribution in [3.05, 3.63) is 46.2 Å². The van der Waals surface area contributed by atoms with E-state index in [1.54, 1.807) is 25.4 Å². The Morgan fingerprint density at radius 1 is 1.24 bits per heavy atom. The Morgan fingerprint density at radius 3 is 2.83 bits per heavy atom. The fraction of sp³-hybridized carbons (Fsp3) is 0.455. The van der Waals surface area contributed by atoms with Gasteiger partial charge in [-0.3, -0.25) is 4.79 Å². The summed E-state index contributed by atoms with van der Waals surface area (Å²) in [5.74, 6) is 1.54. The summed E-state index contributed by atoms with van der Waals surface area (Å²) >= 11 is 1.60. The van der Waals surface area contributed by atoms with Crippen molar-refractivity contribution >= 4 is 23.0 Å². The molecule has 1 unspecified atom stereocenters. The molecule has 0 N–H and O–H groups in total. The van der Waals surface area contributed by atoms with Gasteiger partial charge in [0, 0.05) is 13.0 Å². The number of aryl methyl sites for hydroxylation is 1. The van der Waals surface area contributed by atoms with Crippen LogP contribution in [0.4, 0.5) is 0 Å². The first-order valence-electron chi connectivity index (χ1n) is 9.74. The van der Waals surface area contributed by atoms with Crippen LogP contribution in [0.2, 0.25) is 0 Å². The summed E-state index contributed by atoms with van der Waals surface area (Å²) in [5.41, 5.74) is 2.08. The van der Waals surface area contributed by atoms with Gasteiger partial charge in [0.1, 0.15) is 18.5 Å². The summed E-state index contributed by atoms with van der Waals surface area (Å²) in [6.45, 7) is 3.55. The summed E-state index contributed by atoms with van der Waals surface area (Å²) < 4.78 is 17.1. The van der Waals surface area contributed by atoms with E-state index in [9.17, 15) is 9.59 Å². The molecule has 0 spiro atoms. The minimum atomic E-state index is -0.183. The highest BCUT2D eigenvalue weighted by Crippen LogP contribution is 2.29. The Hall–Kier alpha value is -2.38. The van der Waals surface area contributed by atoms with Crippen molar-refractivity contribution < 1.29 is 23.8 Å². The normalized spacial score (nSPS) is 16.5. The van der Waals surface area contributed by atoms with Crippen LogP contribution in [0.15, 0.2) is 35.0 Å². The molecule has 3 rings (SSSR count). The van der Waals surface area contributed by atoms with Crippen molar-refractivity contribution in [1.82, 2.24) is 4.90 Å². The van der Waals surface area contributed by atoms with E-state index in [0.717, 1.165) is 11.1 Å².